The van der Waals surface area contributed by atoms with Crippen LogP contribution in [0.15, 0.2) is 194 Å². The van der Waals surface area contributed by atoms with Gasteiger partial charge in [-0.2, -0.15) is 0 Å². The van der Waals surface area contributed by atoms with E-state index in [2.05, 4.69) is 0 Å². The normalized spacial score (nSPS) is 19.4. The van der Waals surface area contributed by atoms with Gasteiger partial charge in [-0.25, -0.2) is 0 Å². The molecule has 10 aromatic rings. The minimum Gasteiger partial charge on any atom is -0.458 e. The molecule has 276 valence electrons. The van der Waals surface area contributed by atoms with Gasteiger partial charge in [-0.1, -0.05) is 121 Å². The van der Waals surface area contributed by atoms with Crippen LogP contribution in [0, 0.1) is 0 Å². The molecule has 0 amide bonds. The minimum atomic E-state index is -1.32. The number of fused-ring (bicyclic) bond motifs is 14. The zero-order valence-electron chi connectivity index (χ0n) is 54.5. The van der Waals surface area contributed by atoms with Gasteiger partial charge in [-0.3, -0.25) is 0 Å². The molecule has 6 heteroatoms. The predicted molar refractivity (Wildman–Crippen MR) is 251 cm³/mol. The van der Waals surface area contributed by atoms with Crippen LogP contribution in [-0.4, -0.2) is 13.4 Å². The smallest absolute Gasteiger partial charge is 0.256 e. The molecule has 0 radical (unpaired) electrons. The van der Waals surface area contributed by atoms with Gasteiger partial charge in [0.25, 0.3) is 13.4 Å². The SMILES string of the molecule is [2H]c1c([2H])c([2H])c(N2c3c([2H])c([2H])c([2H])c([2H])c3B3c4cc5c6ccccc6c6cc7c(cc6c5cc4Oc4c([2H])c([2H])c([2H])c2c43)Oc2c([2H])c([2H])c([2H])c3c2B7c2c([2H])c([2H])c([2H])c([2H])c2N3c2c([2H])c([2H])c([2H])c([2H])c2[2H])c([2H])c1[2H]. The maximum atomic E-state index is 9.55. The van der Waals surface area contributed by atoms with Crippen molar-refractivity contribution in [3.63, 3.8) is 0 Å². The molecule has 0 unspecified atom stereocenters. The van der Waals surface area contributed by atoms with Crippen molar-refractivity contribution in [3.8, 4) is 23.0 Å². The van der Waals surface area contributed by atoms with Gasteiger partial charge in [0.2, 0.25) is 0 Å². The van der Waals surface area contributed by atoms with Crippen LogP contribution in [-0.2, 0) is 0 Å². The number of hydrogen-bond acceptors (Lipinski definition) is 4. The maximum absolute atomic E-state index is 9.55. The largest absolute Gasteiger partial charge is 0.458 e. The predicted octanol–water partition coefficient (Wildman–Crippen LogP) is 9.96. The first-order valence-electron chi connectivity index (χ1n) is 30.8. The average molecular weight is 787 g/mol. The molecule has 4 heterocycles. The molecule has 0 aliphatic carbocycles. The highest BCUT2D eigenvalue weighted by Gasteiger charge is 2.44. The van der Waals surface area contributed by atoms with Crippen LogP contribution in [0.1, 0.15) is 32.9 Å². The number of hydrogen-bond donors (Lipinski definition) is 0. The van der Waals surface area contributed by atoms with Crippen molar-refractivity contribution in [2.24, 2.45) is 0 Å². The van der Waals surface area contributed by atoms with E-state index in [4.69, 9.17) is 31.4 Å². The molecule has 4 aliphatic heterocycles. The summed E-state index contributed by atoms with van der Waals surface area (Å²) >= 11 is 0. The topological polar surface area (TPSA) is 24.9 Å². The highest BCUT2D eigenvalue weighted by atomic mass is 16.5. The van der Waals surface area contributed by atoms with Crippen LogP contribution in [0.5, 0.6) is 23.0 Å². The minimum absolute atomic E-state index is 0.0246. The standard InChI is InChI=1S/C54H32B2N2O2/c1-3-15-33(16-4-1)57-45-23-11-9-21-41(45)55-43-29-37-35-19-7-8-20-36(35)38-30-44-52(32-40(38)39(37)31-51(43)59-49-27-13-25-47(57)53(49)55)60-50-28-14-26-48-54(50)56(44)42-22-10-12-24-46(42)58(48)34-17-5-2-6-18-34/h1-32H/i1D,2D,3D,4D,5D,6D,9D,10D,11D,12D,13D,14D,15D,16D,17D,18D,21D,22D,23D,24D,25D,26D,27D,28D. The van der Waals surface area contributed by atoms with Gasteiger partial charge >= 0.3 is 0 Å². The Hall–Kier alpha value is -7.69. The molecule has 14 rings (SSSR count). The second-order valence-electron chi connectivity index (χ2n) is 14.6. The Morgan fingerprint density at radius 3 is 1.22 bits per heavy atom. The van der Waals surface area contributed by atoms with Crippen molar-refractivity contribution in [2.75, 3.05) is 9.80 Å². The lowest BCUT2D eigenvalue weighted by atomic mass is 9.34. The molecule has 4 nitrogen and oxygen atoms in total. The van der Waals surface area contributed by atoms with Crippen molar-refractivity contribution in [1.29, 1.82) is 0 Å². The quantitative estimate of drug-likeness (QED) is 0.129. The lowest BCUT2D eigenvalue weighted by Gasteiger charge is -2.40. The summed E-state index contributed by atoms with van der Waals surface area (Å²) < 4.78 is 230. The summed E-state index contributed by atoms with van der Waals surface area (Å²) in [4.78, 5) is 1.95. The van der Waals surface area contributed by atoms with E-state index >= 15 is 0 Å². The van der Waals surface area contributed by atoms with Crippen molar-refractivity contribution in [2.45, 2.75) is 0 Å². The summed E-state index contributed by atoms with van der Waals surface area (Å²) in [6.07, 6.45) is 0. The zero-order chi connectivity index (χ0) is 59.9. The van der Waals surface area contributed by atoms with Crippen molar-refractivity contribution < 1.29 is 42.4 Å². The molecule has 60 heavy (non-hydrogen) atoms. The van der Waals surface area contributed by atoms with Crippen molar-refractivity contribution in [1.82, 2.24) is 0 Å². The van der Waals surface area contributed by atoms with Crippen LogP contribution in [0.4, 0.5) is 34.1 Å². The molecule has 0 N–H and O–H groups in total. The number of rotatable bonds is 2. The molecule has 4 aliphatic rings. The summed E-state index contributed by atoms with van der Waals surface area (Å²) in [5.74, 6) is -0.594. The van der Waals surface area contributed by atoms with Crippen molar-refractivity contribution in [3.05, 3.63) is 194 Å². The Kier molecular flexibility index (Phi) is 3.43. The summed E-state index contributed by atoms with van der Waals surface area (Å²) in [7, 11) is 0. The summed E-state index contributed by atoms with van der Waals surface area (Å²) in [6, 6.07) is -3.32. The maximum Gasteiger partial charge on any atom is 0.256 e. The third-order valence-corrected chi connectivity index (χ3v) is 11.7. The Bertz CT molecular complexity index is 4500. The van der Waals surface area contributed by atoms with Gasteiger partial charge in [0.1, 0.15) is 23.0 Å². The molecule has 0 bridgehead atoms. The summed E-state index contributed by atoms with van der Waals surface area (Å²) in [5, 5.41) is 3.07. The monoisotopic (exact) mass is 786 g/mol. The molecule has 0 saturated carbocycles. The summed E-state index contributed by atoms with van der Waals surface area (Å²) in [5.41, 5.74) is -2.43. The Balaban J connectivity index is 1.07. The summed E-state index contributed by atoms with van der Waals surface area (Å²) in [6.45, 7) is -2.64. The van der Waals surface area contributed by atoms with E-state index in [0.29, 0.717) is 32.3 Å². The second-order valence-corrected chi connectivity index (χ2v) is 14.6. The van der Waals surface area contributed by atoms with Crippen LogP contribution in [0.25, 0.3) is 32.3 Å². The Labute approximate surface area is 381 Å². The molecular formula is C54H32B2N2O2. The first kappa shape index (κ1) is 17.3. The molecule has 0 spiro atoms. The fraction of sp³-hybridized carbons (Fsp3) is 0. The first-order valence-corrected chi connectivity index (χ1v) is 18.8. The third-order valence-electron chi connectivity index (χ3n) is 11.7. The average Bonchev–Trinajstić information content (AvgIpc) is 0.708. The van der Waals surface area contributed by atoms with Gasteiger partial charge in [-0.05, 0) is 138 Å². The first-order chi connectivity index (χ1) is 39.7. The number of para-hydroxylation sites is 4. The van der Waals surface area contributed by atoms with E-state index in [1.165, 1.54) is 0 Å². The van der Waals surface area contributed by atoms with E-state index < -0.39 is 170 Å². The molecular weight excluding hydrogens is 730 g/mol. The van der Waals surface area contributed by atoms with E-state index in [0.717, 1.165) is 9.80 Å². The highest BCUT2D eigenvalue weighted by molar-refractivity contribution is 7.00. The van der Waals surface area contributed by atoms with Gasteiger partial charge in [-0.15, -0.1) is 0 Å². The lowest BCUT2D eigenvalue weighted by Crippen LogP contribution is -2.59. The van der Waals surface area contributed by atoms with Gasteiger partial charge in [0.15, 0.2) is 0 Å². The highest BCUT2D eigenvalue weighted by Crippen LogP contribution is 2.45. The lowest BCUT2D eigenvalue weighted by molar-refractivity contribution is 0.487. The van der Waals surface area contributed by atoms with E-state index in [1.54, 1.807) is 36.4 Å². The van der Waals surface area contributed by atoms with Gasteiger partial charge in [0, 0.05) is 34.1 Å². The zero-order valence-corrected chi connectivity index (χ0v) is 30.5. The van der Waals surface area contributed by atoms with E-state index in [1.807, 2.05) is 12.1 Å². The van der Waals surface area contributed by atoms with Gasteiger partial charge < -0.3 is 19.3 Å². The van der Waals surface area contributed by atoms with Crippen molar-refractivity contribution >= 4 is 113 Å². The fourth-order valence-corrected chi connectivity index (χ4v) is 9.41. The fourth-order valence-electron chi connectivity index (χ4n) is 9.41. The molecule has 0 saturated heterocycles. The molecule has 0 atom stereocenters. The molecule has 0 aromatic heterocycles. The number of benzene rings is 10. The molecule has 0 fully saturated rings. The van der Waals surface area contributed by atoms with Gasteiger partial charge in [0.05, 0.1) is 32.9 Å². The van der Waals surface area contributed by atoms with Crippen LogP contribution in [0.2, 0.25) is 0 Å². The van der Waals surface area contributed by atoms with E-state index in [9.17, 15) is 11.0 Å². The number of ether oxygens (including phenoxy) is 2. The third kappa shape index (κ3) is 4.27. The number of nitrogens with zero attached hydrogens (tertiary/aromatic N) is 2. The number of anilines is 6. The molecule has 10 aromatic carbocycles. The van der Waals surface area contributed by atoms with Crippen LogP contribution in [0.3, 0.4) is 0 Å². The van der Waals surface area contributed by atoms with E-state index in [-0.39, 0.29) is 78.5 Å². The Morgan fingerprint density at radius 1 is 0.350 bits per heavy atom. The second kappa shape index (κ2) is 11.9. The van der Waals surface area contributed by atoms with Crippen LogP contribution >= 0.6 is 0 Å². The van der Waals surface area contributed by atoms with Crippen LogP contribution < -0.4 is 52.1 Å². The Morgan fingerprint density at radius 2 is 0.750 bits per heavy atom.